The Morgan fingerprint density at radius 3 is 2.40 bits per heavy atom. The highest BCUT2D eigenvalue weighted by Gasteiger charge is 2.28. The van der Waals surface area contributed by atoms with Gasteiger partial charge in [0.1, 0.15) is 0 Å². The van der Waals surface area contributed by atoms with E-state index in [0.717, 1.165) is 5.56 Å². The lowest BCUT2D eigenvalue weighted by molar-refractivity contribution is -0.141. The molecule has 0 atom stereocenters. The summed E-state index contributed by atoms with van der Waals surface area (Å²) in [6.45, 7) is 6.45. The number of hydrogen-bond donors (Lipinski definition) is 0. The third-order valence-corrected chi connectivity index (χ3v) is 5.96. The Balaban J connectivity index is 1.94. The van der Waals surface area contributed by atoms with Gasteiger partial charge in [0.15, 0.2) is 0 Å². The molecule has 1 heterocycles. The molecule has 0 saturated carbocycles. The van der Waals surface area contributed by atoms with Gasteiger partial charge in [0.2, 0.25) is 10.0 Å². The van der Waals surface area contributed by atoms with Crippen molar-refractivity contribution in [3.63, 3.8) is 0 Å². The topological polar surface area (TPSA) is 63.7 Å². The maximum Gasteiger partial charge on any atom is 0.338 e. The van der Waals surface area contributed by atoms with Crippen molar-refractivity contribution in [1.82, 2.24) is 4.31 Å². The molecule has 1 aromatic carbocycles. The van der Waals surface area contributed by atoms with Crippen molar-refractivity contribution >= 4 is 16.0 Å². The first-order chi connectivity index (χ1) is 11.8. The van der Waals surface area contributed by atoms with Crippen LogP contribution in [0.25, 0.3) is 0 Å². The number of benzene rings is 1. The van der Waals surface area contributed by atoms with E-state index < -0.39 is 16.0 Å². The quantitative estimate of drug-likeness (QED) is 0.458. The van der Waals surface area contributed by atoms with Crippen molar-refractivity contribution in [3.8, 4) is 0 Å². The van der Waals surface area contributed by atoms with Gasteiger partial charge in [-0.3, -0.25) is 0 Å². The summed E-state index contributed by atoms with van der Waals surface area (Å²) in [6, 6.07) is 6.92. The van der Waals surface area contributed by atoms with Crippen LogP contribution in [0.5, 0.6) is 0 Å². The zero-order valence-corrected chi connectivity index (χ0v) is 15.8. The fraction of sp³-hybridized carbons (Fsp3) is 0.474. The van der Waals surface area contributed by atoms with Crippen LogP contribution in [-0.4, -0.2) is 37.9 Å². The number of piperidine rings is 1. The van der Waals surface area contributed by atoms with Gasteiger partial charge in [0.25, 0.3) is 0 Å². The number of carbonyl (C=O) groups is 1. The lowest BCUT2D eigenvalue weighted by Gasteiger charge is -2.29. The first-order valence-electron chi connectivity index (χ1n) is 8.49. The SMILES string of the molecule is Cc1ccc(S(=O)(=O)N2CCC(C=C=CC(=O)OC(C)C)CC2)cc1. The van der Waals surface area contributed by atoms with E-state index in [1.807, 2.05) is 25.1 Å². The van der Waals surface area contributed by atoms with Gasteiger partial charge in [-0.25, -0.2) is 13.2 Å². The van der Waals surface area contributed by atoms with Gasteiger partial charge >= 0.3 is 5.97 Å². The van der Waals surface area contributed by atoms with Crippen LogP contribution in [0.1, 0.15) is 32.3 Å². The Bertz CT molecular complexity index is 751. The average Bonchev–Trinajstić information content (AvgIpc) is 2.55. The van der Waals surface area contributed by atoms with Crippen molar-refractivity contribution in [2.75, 3.05) is 13.1 Å². The molecular weight excluding hydrogens is 338 g/mol. The van der Waals surface area contributed by atoms with E-state index in [9.17, 15) is 13.2 Å². The zero-order chi connectivity index (χ0) is 18.4. The average molecular weight is 363 g/mol. The number of carbonyl (C=O) groups excluding carboxylic acids is 1. The van der Waals surface area contributed by atoms with Crippen LogP contribution >= 0.6 is 0 Å². The highest BCUT2D eigenvalue weighted by atomic mass is 32.2. The molecule has 0 aliphatic carbocycles. The Hall–Kier alpha value is -1.88. The molecule has 0 radical (unpaired) electrons. The summed E-state index contributed by atoms with van der Waals surface area (Å²) in [5.74, 6) is -0.196. The first-order valence-corrected chi connectivity index (χ1v) is 9.93. The molecule has 0 amide bonds. The minimum atomic E-state index is -3.43. The molecule has 0 bridgehead atoms. The summed E-state index contributed by atoms with van der Waals surface area (Å²) in [5, 5.41) is 0. The maximum atomic E-state index is 12.6. The molecule has 1 aliphatic heterocycles. The predicted octanol–water partition coefficient (Wildman–Crippen LogP) is 3.06. The summed E-state index contributed by atoms with van der Waals surface area (Å²) < 4.78 is 31.8. The van der Waals surface area contributed by atoms with E-state index >= 15 is 0 Å². The molecule has 1 fully saturated rings. The van der Waals surface area contributed by atoms with E-state index in [-0.39, 0.29) is 12.0 Å². The van der Waals surface area contributed by atoms with Crippen molar-refractivity contribution in [2.45, 2.75) is 44.6 Å². The Morgan fingerprint density at radius 2 is 1.84 bits per heavy atom. The molecule has 2 rings (SSSR count). The van der Waals surface area contributed by atoms with Crippen LogP contribution in [0.4, 0.5) is 0 Å². The molecule has 0 spiro atoms. The fourth-order valence-corrected chi connectivity index (χ4v) is 4.13. The zero-order valence-electron chi connectivity index (χ0n) is 14.9. The molecule has 5 nitrogen and oxygen atoms in total. The summed E-state index contributed by atoms with van der Waals surface area (Å²) in [6.07, 6.45) is 4.39. The van der Waals surface area contributed by atoms with Crippen LogP contribution in [-0.2, 0) is 19.6 Å². The van der Waals surface area contributed by atoms with Crippen LogP contribution in [0.3, 0.4) is 0 Å². The number of aryl methyl sites for hydroxylation is 1. The van der Waals surface area contributed by atoms with E-state index in [2.05, 4.69) is 5.73 Å². The van der Waals surface area contributed by atoms with Gasteiger partial charge in [-0.15, -0.1) is 5.73 Å². The summed E-state index contributed by atoms with van der Waals surface area (Å²) in [5.41, 5.74) is 3.89. The molecule has 136 valence electrons. The maximum absolute atomic E-state index is 12.6. The number of esters is 1. The standard InChI is InChI=1S/C19H25NO4S/c1-15(2)24-19(21)6-4-5-17-11-13-20(14-12-17)25(22,23)18-9-7-16(3)8-10-18/h5-10,15,17H,11-14H2,1-3H3. The summed E-state index contributed by atoms with van der Waals surface area (Å²) >= 11 is 0. The minimum absolute atomic E-state index is 0.152. The molecule has 0 N–H and O–H groups in total. The molecule has 0 aromatic heterocycles. The van der Waals surface area contributed by atoms with Crippen molar-refractivity contribution in [2.24, 2.45) is 5.92 Å². The van der Waals surface area contributed by atoms with Gasteiger partial charge in [0.05, 0.1) is 17.1 Å². The number of ether oxygens (including phenoxy) is 1. The third kappa shape index (κ3) is 5.56. The van der Waals surface area contributed by atoms with Gasteiger partial charge < -0.3 is 4.74 Å². The Labute approximate surface area is 150 Å². The number of nitrogens with zero attached hydrogens (tertiary/aromatic N) is 1. The molecule has 1 aliphatic rings. The summed E-state index contributed by atoms with van der Waals surface area (Å²) in [7, 11) is -3.43. The molecule has 1 aromatic rings. The molecule has 6 heteroatoms. The van der Waals surface area contributed by atoms with E-state index in [0.29, 0.717) is 30.8 Å². The van der Waals surface area contributed by atoms with Crippen molar-refractivity contribution < 1.29 is 17.9 Å². The predicted molar refractivity (Wildman–Crippen MR) is 96.5 cm³/mol. The van der Waals surface area contributed by atoms with Crippen LogP contribution in [0.2, 0.25) is 0 Å². The second-order valence-electron chi connectivity index (χ2n) is 6.52. The lowest BCUT2D eigenvalue weighted by Crippen LogP contribution is -2.38. The smallest absolute Gasteiger partial charge is 0.338 e. The second kappa shape index (κ2) is 8.48. The number of hydrogen-bond acceptors (Lipinski definition) is 4. The van der Waals surface area contributed by atoms with Gasteiger partial charge in [-0.1, -0.05) is 17.7 Å². The monoisotopic (exact) mass is 363 g/mol. The minimum Gasteiger partial charge on any atom is -0.459 e. The van der Waals surface area contributed by atoms with E-state index in [1.54, 1.807) is 26.0 Å². The molecular formula is C19H25NO4S. The molecule has 1 saturated heterocycles. The normalized spacial score (nSPS) is 16.3. The van der Waals surface area contributed by atoms with Crippen LogP contribution < -0.4 is 0 Å². The lowest BCUT2D eigenvalue weighted by atomic mass is 9.98. The highest BCUT2D eigenvalue weighted by molar-refractivity contribution is 7.89. The summed E-state index contributed by atoms with van der Waals surface area (Å²) in [4.78, 5) is 11.7. The number of sulfonamides is 1. The van der Waals surface area contributed by atoms with Gasteiger partial charge in [-0.2, -0.15) is 4.31 Å². The first kappa shape index (κ1) is 19.4. The second-order valence-corrected chi connectivity index (χ2v) is 8.46. The molecule has 0 unspecified atom stereocenters. The van der Waals surface area contributed by atoms with E-state index in [4.69, 9.17) is 4.74 Å². The third-order valence-electron chi connectivity index (χ3n) is 4.04. The highest BCUT2D eigenvalue weighted by Crippen LogP contribution is 2.24. The van der Waals surface area contributed by atoms with Gasteiger partial charge in [0, 0.05) is 13.1 Å². The van der Waals surface area contributed by atoms with Crippen molar-refractivity contribution in [1.29, 1.82) is 0 Å². The van der Waals surface area contributed by atoms with Crippen LogP contribution in [0.15, 0.2) is 47.0 Å². The Morgan fingerprint density at radius 1 is 1.24 bits per heavy atom. The van der Waals surface area contributed by atoms with Crippen LogP contribution in [0, 0.1) is 12.8 Å². The van der Waals surface area contributed by atoms with Crippen molar-refractivity contribution in [3.05, 3.63) is 47.7 Å². The fourth-order valence-electron chi connectivity index (χ4n) is 2.66. The van der Waals surface area contributed by atoms with Gasteiger partial charge in [-0.05, 0) is 57.7 Å². The molecule has 25 heavy (non-hydrogen) atoms. The van der Waals surface area contributed by atoms with E-state index in [1.165, 1.54) is 10.4 Å². The largest absolute Gasteiger partial charge is 0.459 e. The Kier molecular flexibility index (Phi) is 6.59. The number of rotatable bonds is 5.